The molecule has 0 saturated carbocycles. The highest BCUT2D eigenvalue weighted by Crippen LogP contribution is 2.22. The van der Waals surface area contributed by atoms with Gasteiger partial charge in [-0.3, -0.25) is 0 Å². The fourth-order valence-corrected chi connectivity index (χ4v) is 1.33. The number of carbonyl (C=O) groups is 1. The Bertz CT molecular complexity index is 383. The van der Waals surface area contributed by atoms with Crippen LogP contribution >= 0.6 is 0 Å². The molecular weight excluding hydrogens is 190 g/mol. The molecule has 0 saturated heterocycles. The first-order chi connectivity index (χ1) is 7.20. The van der Waals surface area contributed by atoms with E-state index in [0.29, 0.717) is 17.9 Å². The van der Waals surface area contributed by atoms with E-state index in [1.165, 1.54) is 0 Å². The van der Waals surface area contributed by atoms with Crippen molar-refractivity contribution in [3.63, 3.8) is 0 Å². The molecule has 2 N–H and O–H groups in total. The Kier molecular flexibility index (Phi) is 3.92. The molecule has 3 nitrogen and oxygen atoms in total. The second-order valence-corrected chi connectivity index (χ2v) is 3.01. The first kappa shape index (κ1) is 11.3. The Hall–Kier alpha value is -1.77. The van der Waals surface area contributed by atoms with Gasteiger partial charge in [-0.2, -0.15) is 0 Å². The van der Waals surface area contributed by atoms with Crippen molar-refractivity contribution >= 4 is 17.2 Å². The average Bonchev–Trinajstić information content (AvgIpc) is 2.22. The molecule has 80 valence electrons. The van der Waals surface area contributed by atoms with E-state index in [0.717, 1.165) is 5.56 Å². The van der Waals surface area contributed by atoms with Crippen LogP contribution in [0, 0.1) is 0 Å². The number of carbonyl (C=O) groups excluding carboxylic acids is 1. The van der Waals surface area contributed by atoms with Crippen LogP contribution < -0.4 is 5.73 Å². The highest BCUT2D eigenvalue weighted by molar-refractivity contribution is 6.17. The van der Waals surface area contributed by atoms with Gasteiger partial charge >= 0.3 is 5.97 Å². The first-order valence-corrected chi connectivity index (χ1v) is 4.89. The molecule has 0 heterocycles. The zero-order valence-corrected chi connectivity index (χ0v) is 8.99. The summed E-state index contributed by atoms with van der Waals surface area (Å²) in [7, 11) is 0. The van der Waals surface area contributed by atoms with Crippen LogP contribution in [0.3, 0.4) is 0 Å². The van der Waals surface area contributed by atoms with Gasteiger partial charge in [0.05, 0.1) is 12.2 Å². The number of nitrogen functional groups attached to an aromatic ring is 1. The standard InChI is InChI=1S/C12H15NO2/c1-3-9(12(14)15-4-2)10-7-5-6-8-11(10)13/h3,5-8H,4,13H2,1-2H3. The molecule has 0 fully saturated rings. The topological polar surface area (TPSA) is 52.3 Å². The summed E-state index contributed by atoms with van der Waals surface area (Å²) in [6.45, 7) is 3.93. The zero-order chi connectivity index (χ0) is 11.3. The highest BCUT2D eigenvalue weighted by atomic mass is 16.5. The SMILES string of the molecule is CC=C(C(=O)OCC)c1ccccc1N. The van der Waals surface area contributed by atoms with Crippen LogP contribution in [0.15, 0.2) is 30.3 Å². The predicted molar refractivity (Wildman–Crippen MR) is 61.1 cm³/mol. The van der Waals surface area contributed by atoms with E-state index < -0.39 is 0 Å². The van der Waals surface area contributed by atoms with E-state index in [1.54, 1.807) is 26.0 Å². The number of nitrogens with two attached hydrogens (primary N) is 1. The molecule has 0 amide bonds. The lowest BCUT2D eigenvalue weighted by Crippen LogP contribution is -2.08. The maximum Gasteiger partial charge on any atom is 0.338 e. The van der Waals surface area contributed by atoms with E-state index in [9.17, 15) is 4.79 Å². The van der Waals surface area contributed by atoms with Crippen LogP contribution in [-0.4, -0.2) is 12.6 Å². The lowest BCUT2D eigenvalue weighted by molar-refractivity contribution is -0.136. The van der Waals surface area contributed by atoms with Crippen LogP contribution in [0.1, 0.15) is 19.4 Å². The van der Waals surface area contributed by atoms with E-state index in [-0.39, 0.29) is 5.97 Å². The fraction of sp³-hybridized carbons (Fsp3) is 0.250. The largest absolute Gasteiger partial charge is 0.462 e. The number of allylic oxidation sites excluding steroid dienone is 1. The average molecular weight is 205 g/mol. The molecule has 0 spiro atoms. The molecule has 0 bridgehead atoms. The van der Waals surface area contributed by atoms with Crippen molar-refractivity contribution in [3.8, 4) is 0 Å². The van der Waals surface area contributed by atoms with Crippen molar-refractivity contribution in [2.45, 2.75) is 13.8 Å². The minimum absolute atomic E-state index is 0.335. The summed E-state index contributed by atoms with van der Waals surface area (Å²) in [6, 6.07) is 7.24. The number of rotatable bonds is 3. The number of ether oxygens (including phenoxy) is 1. The smallest absolute Gasteiger partial charge is 0.338 e. The molecule has 1 rings (SSSR count). The van der Waals surface area contributed by atoms with Gasteiger partial charge < -0.3 is 10.5 Å². The molecule has 15 heavy (non-hydrogen) atoms. The molecular formula is C12H15NO2. The fourth-order valence-electron chi connectivity index (χ4n) is 1.33. The second-order valence-electron chi connectivity index (χ2n) is 3.01. The lowest BCUT2D eigenvalue weighted by Gasteiger charge is -2.08. The van der Waals surface area contributed by atoms with Crippen LogP contribution in [-0.2, 0) is 9.53 Å². The molecule has 0 aromatic heterocycles. The number of hydrogen-bond donors (Lipinski definition) is 1. The molecule has 3 heteroatoms. The monoisotopic (exact) mass is 205 g/mol. The van der Waals surface area contributed by atoms with Gasteiger partial charge in [-0.05, 0) is 19.9 Å². The zero-order valence-electron chi connectivity index (χ0n) is 8.99. The van der Waals surface area contributed by atoms with Gasteiger partial charge in [0, 0.05) is 11.3 Å². The van der Waals surface area contributed by atoms with Gasteiger partial charge in [-0.15, -0.1) is 0 Å². The van der Waals surface area contributed by atoms with Crippen LogP contribution in [0.2, 0.25) is 0 Å². The molecule has 0 aliphatic carbocycles. The lowest BCUT2D eigenvalue weighted by atomic mass is 10.0. The summed E-state index contributed by atoms with van der Waals surface area (Å²) in [6.07, 6.45) is 1.71. The summed E-state index contributed by atoms with van der Waals surface area (Å²) in [5, 5.41) is 0. The third-order valence-corrected chi connectivity index (χ3v) is 2.03. The Balaban J connectivity index is 3.04. The number of benzene rings is 1. The van der Waals surface area contributed by atoms with Crippen LogP contribution in [0.4, 0.5) is 5.69 Å². The molecule has 0 aliphatic rings. The van der Waals surface area contributed by atoms with Crippen LogP contribution in [0.25, 0.3) is 5.57 Å². The quantitative estimate of drug-likeness (QED) is 0.467. The summed E-state index contributed by atoms with van der Waals surface area (Å²) in [5.41, 5.74) is 7.59. The molecule has 1 aromatic carbocycles. The van der Waals surface area contributed by atoms with Crippen molar-refractivity contribution in [2.24, 2.45) is 0 Å². The third-order valence-electron chi connectivity index (χ3n) is 2.03. The maximum atomic E-state index is 11.6. The highest BCUT2D eigenvalue weighted by Gasteiger charge is 2.13. The molecule has 1 aromatic rings. The van der Waals surface area contributed by atoms with Gasteiger partial charge in [0.25, 0.3) is 0 Å². The summed E-state index contributed by atoms with van der Waals surface area (Å²) in [4.78, 5) is 11.6. The van der Waals surface area contributed by atoms with E-state index in [2.05, 4.69) is 0 Å². The normalized spacial score (nSPS) is 11.2. The molecule has 0 radical (unpaired) electrons. The Morgan fingerprint density at radius 2 is 2.13 bits per heavy atom. The van der Waals surface area contributed by atoms with Crippen molar-refractivity contribution in [1.82, 2.24) is 0 Å². The van der Waals surface area contributed by atoms with E-state index in [1.807, 2.05) is 18.2 Å². The number of para-hydroxylation sites is 1. The number of esters is 1. The Morgan fingerprint density at radius 1 is 1.47 bits per heavy atom. The van der Waals surface area contributed by atoms with Crippen molar-refractivity contribution in [2.75, 3.05) is 12.3 Å². The molecule has 0 aliphatic heterocycles. The maximum absolute atomic E-state index is 11.6. The van der Waals surface area contributed by atoms with Gasteiger partial charge in [0.1, 0.15) is 0 Å². The van der Waals surface area contributed by atoms with Gasteiger partial charge in [0.2, 0.25) is 0 Å². The van der Waals surface area contributed by atoms with Crippen molar-refractivity contribution in [1.29, 1.82) is 0 Å². The molecule has 0 unspecified atom stereocenters. The second kappa shape index (κ2) is 5.20. The summed E-state index contributed by atoms with van der Waals surface area (Å²) in [5.74, 6) is -0.335. The first-order valence-electron chi connectivity index (χ1n) is 4.89. The number of anilines is 1. The Morgan fingerprint density at radius 3 is 2.67 bits per heavy atom. The van der Waals surface area contributed by atoms with E-state index in [4.69, 9.17) is 10.5 Å². The van der Waals surface area contributed by atoms with Crippen LogP contribution in [0.5, 0.6) is 0 Å². The van der Waals surface area contributed by atoms with Gasteiger partial charge in [-0.1, -0.05) is 24.3 Å². The van der Waals surface area contributed by atoms with Gasteiger partial charge in [0.15, 0.2) is 0 Å². The summed E-state index contributed by atoms with van der Waals surface area (Å²) < 4.78 is 4.94. The van der Waals surface area contributed by atoms with E-state index >= 15 is 0 Å². The Labute approximate surface area is 89.5 Å². The predicted octanol–water partition coefficient (Wildman–Crippen LogP) is 2.24. The summed E-state index contributed by atoms with van der Waals surface area (Å²) >= 11 is 0. The van der Waals surface area contributed by atoms with Crippen molar-refractivity contribution in [3.05, 3.63) is 35.9 Å². The minimum Gasteiger partial charge on any atom is -0.462 e. The minimum atomic E-state index is -0.335. The molecule has 0 atom stereocenters. The van der Waals surface area contributed by atoms with Gasteiger partial charge in [-0.25, -0.2) is 4.79 Å². The third kappa shape index (κ3) is 2.59. The number of hydrogen-bond acceptors (Lipinski definition) is 3. The van der Waals surface area contributed by atoms with Crippen molar-refractivity contribution < 1.29 is 9.53 Å².